The molecular weight excluding hydrogens is 352 g/mol. The summed E-state index contributed by atoms with van der Waals surface area (Å²) in [4.78, 5) is 9.56. The lowest BCUT2D eigenvalue weighted by atomic mass is 9.98. The first-order chi connectivity index (χ1) is 12.3. The molecule has 5 rings (SSSR count). The molecule has 1 atom stereocenters. The normalized spacial score (nSPS) is 16.2. The Bertz CT molecular complexity index is 1020. The van der Waals surface area contributed by atoms with Gasteiger partial charge in [0.05, 0.1) is 10.9 Å². The second-order valence-corrected chi connectivity index (χ2v) is 8.14. The summed E-state index contributed by atoms with van der Waals surface area (Å²) in [6, 6.07) is 12.9. The van der Waals surface area contributed by atoms with Crippen LogP contribution in [0.3, 0.4) is 0 Å². The van der Waals surface area contributed by atoms with Crippen LogP contribution in [0.4, 0.5) is 0 Å². The first-order valence-corrected chi connectivity index (χ1v) is 9.86. The third-order valence-electron chi connectivity index (χ3n) is 4.73. The van der Waals surface area contributed by atoms with E-state index in [1.165, 1.54) is 38.2 Å². The van der Waals surface area contributed by atoms with E-state index in [2.05, 4.69) is 56.8 Å². The van der Waals surface area contributed by atoms with E-state index >= 15 is 0 Å². The number of thiazole rings is 1. The number of hydrogen-bond donors (Lipinski definition) is 1. The maximum atomic E-state index is 10.7. The number of thiophene rings is 1. The molecule has 4 aromatic rings. The number of rotatable bonds is 3. The van der Waals surface area contributed by atoms with Gasteiger partial charge in [0.2, 0.25) is 10.8 Å². The number of fused-ring (bicyclic) bond motifs is 2. The molecule has 126 valence electrons. The standard InChI is InChI=1S/C18H16N4OS2/c23-17-16(25-18-19-11-20-22(17)18)15(14-6-3-9-24-14)21-8-7-12-4-1-2-5-13(12)10-21/h1-6,9,11,15,23H,7-8,10H2/t15-/m0/s1. The van der Waals surface area contributed by atoms with E-state index in [1.54, 1.807) is 11.3 Å². The smallest absolute Gasteiger partial charge is 0.230 e. The zero-order valence-corrected chi connectivity index (χ0v) is 15.0. The van der Waals surface area contributed by atoms with Crippen molar-refractivity contribution in [1.29, 1.82) is 0 Å². The van der Waals surface area contributed by atoms with Crippen LogP contribution in [0, 0.1) is 0 Å². The van der Waals surface area contributed by atoms with Gasteiger partial charge >= 0.3 is 0 Å². The summed E-state index contributed by atoms with van der Waals surface area (Å²) in [6.07, 6.45) is 2.51. The van der Waals surface area contributed by atoms with Gasteiger partial charge in [0, 0.05) is 18.0 Å². The summed E-state index contributed by atoms with van der Waals surface area (Å²) in [5.41, 5.74) is 2.80. The van der Waals surface area contributed by atoms with Crippen molar-refractivity contribution in [3.05, 3.63) is 69.0 Å². The van der Waals surface area contributed by atoms with Crippen LogP contribution in [0.5, 0.6) is 5.88 Å². The lowest BCUT2D eigenvalue weighted by molar-refractivity contribution is 0.208. The summed E-state index contributed by atoms with van der Waals surface area (Å²) < 4.78 is 1.53. The van der Waals surface area contributed by atoms with Crippen molar-refractivity contribution in [2.75, 3.05) is 6.54 Å². The first-order valence-electron chi connectivity index (χ1n) is 8.17. The molecule has 1 aliphatic heterocycles. The third-order valence-corrected chi connectivity index (χ3v) is 6.74. The van der Waals surface area contributed by atoms with Crippen LogP contribution >= 0.6 is 22.7 Å². The van der Waals surface area contributed by atoms with E-state index in [0.717, 1.165) is 29.3 Å². The number of aromatic hydroxyl groups is 1. The van der Waals surface area contributed by atoms with Crippen molar-refractivity contribution in [2.45, 2.75) is 19.0 Å². The van der Waals surface area contributed by atoms with Gasteiger partial charge in [-0.25, -0.2) is 4.98 Å². The van der Waals surface area contributed by atoms with Crippen molar-refractivity contribution in [2.24, 2.45) is 0 Å². The second-order valence-electron chi connectivity index (χ2n) is 6.15. The number of benzene rings is 1. The molecule has 0 bridgehead atoms. The maximum Gasteiger partial charge on any atom is 0.230 e. The predicted octanol–water partition coefficient (Wildman–Crippen LogP) is 3.71. The number of hydrogen-bond acceptors (Lipinski definition) is 6. The van der Waals surface area contributed by atoms with E-state index in [0.29, 0.717) is 0 Å². The molecule has 4 heterocycles. The van der Waals surface area contributed by atoms with Gasteiger partial charge in [-0.05, 0) is 29.0 Å². The summed E-state index contributed by atoms with van der Waals surface area (Å²) in [5, 5.41) is 16.9. The van der Waals surface area contributed by atoms with E-state index in [-0.39, 0.29) is 11.9 Å². The van der Waals surface area contributed by atoms with Crippen LogP contribution in [0.25, 0.3) is 4.96 Å². The molecule has 0 radical (unpaired) electrons. The van der Waals surface area contributed by atoms with E-state index in [9.17, 15) is 5.11 Å². The van der Waals surface area contributed by atoms with Gasteiger partial charge in [-0.3, -0.25) is 4.90 Å². The van der Waals surface area contributed by atoms with Crippen LogP contribution in [0.1, 0.15) is 26.9 Å². The Kier molecular flexibility index (Phi) is 3.58. The van der Waals surface area contributed by atoms with Crippen LogP contribution < -0.4 is 0 Å². The van der Waals surface area contributed by atoms with Gasteiger partial charge in [0.1, 0.15) is 6.33 Å². The van der Waals surface area contributed by atoms with Crippen molar-refractivity contribution >= 4 is 27.6 Å². The highest BCUT2D eigenvalue weighted by Crippen LogP contribution is 2.42. The molecule has 0 amide bonds. The zero-order valence-electron chi connectivity index (χ0n) is 13.4. The fraction of sp³-hybridized carbons (Fsp3) is 0.222. The Morgan fingerprint density at radius 1 is 1.12 bits per heavy atom. The van der Waals surface area contributed by atoms with Crippen molar-refractivity contribution in [3.8, 4) is 5.88 Å². The predicted molar refractivity (Wildman–Crippen MR) is 99.2 cm³/mol. The van der Waals surface area contributed by atoms with Crippen molar-refractivity contribution in [3.63, 3.8) is 0 Å². The van der Waals surface area contributed by atoms with Crippen LogP contribution in [-0.2, 0) is 13.0 Å². The Hall–Kier alpha value is -2.22. The summed E-state index contributed by atoms with van der Waals surface area (Å²) in [6.45, 7) is 1.85. The maximum absolute atomic E-state index is 10.7. The van der Waals surface area contributed by atoms with Gasteiger partial charge in [0.15, 0.2) is 0 Å². The molecule has 7 heteroatoms. The summed E-state index contributed by atoms with van der Waals surface area (Å²) >= 11 is 3.24. The highest BCUT2D eigenvalue weighted by Gasteiger charge is 2.31. The molecule has 0 saturated carbocycles. The molecule has 0 aliphatic carbocycles. The lowest BCUT2D eigenvalue weighted by Crippen LogP contribution is -2.34. The van der Waals surface area contributed by atoms with Crippen LogP contribution in [-0.4, -0.2) is 31.1 Å². The average molecular weight is 368 g/mol. The quantitative estimate of drug-likeness (QED) is 0.599. The molecule has 0 fully saturated rings. The van der Waals surface area contributed by atoms with Gasteiger partial charge in [0.25, 0.3) is 0 Å². The van der Waals surface area contributed by atoms with Gasteiger partial charge in [-0.1, -0.05) is 41.7 Å². The van der Waals surface area contributed by atoms with Gasteiger partial charge < -0.3 is 5.11 Å². The minimum absolute atomic E-state index is 0.0295. The zero-order chi connectivity index (χ0) is 16.8. The SMILES string of the molecule is Oc1c([C@H](c2cccs2)N2CCc3ccccc3C2)sc2ncnn12. The minimum atomic E-state index is 0.0295. The van der Waals surface area contributed by atoms with Gasteiger partial charge in [-0.2, -0.15) is 9.61 Å². The molecule has 1 N–H and O–H groups in total. The minimum Gasteiger partial charge on any atom is -0.492 e. The molecule has 25 heavy (non-hydrogen) atoms. The number of nitrogens with zero attached hydrogens (tertiary/aromatic N) is 4. The van der Waals surface area contributed by atoms with Crippen LogP contribution in [0.15, 0.2) is 48.1 Å². The average Bonchev–Trinajstić information content (AvgIpc) is 3.37. The molecule has 1 aliphatic rings. The highest BCUT2D eigenvalue weighted by molar-refractivity contribution is 7.17. The summed E-state index contributed by atoms with van der Waals surface area (Å²) in [5.74, 6) is 0.203. The molecule has 1 aromatic carbocycles. The summed E-state index contributed by atoms with van der Waals surface area (Å²) in [7, 11) is 0. The van der Waals surface area contributed by atoms with E-state index in [1.807, 2.05) is 0 Å². The van der Waals surface area contributed by atoms with E-state index in [4.69, 9.17) is 0 Å². The fourth-order valence-electron chi connectivity index (χ4n) is 3.53. The Morgan fingerprint density at radius 3 is 2.80 bits per heavy atom. The highest BCUT2D eigenvalue weighted by atomic mass is 32.1. The fourth-order valence-corrected chi connectivity index (χ4v) is 5.56. The Labute approximate surface area is 152 Å². The first kappa shape index (κ1) is 15.1. The monoisotopic (exact) mass is 368 g/mol. The van der Waals surface area contributed by atoms with Crippen molar-refractivity contribution < 1.29 is 5.11 Å². The second kappa shape index (κ2) is 5.94. The lowest BCUT2D eigenvalue weighted by Gasteiger charge is -2.34. The molecule has 3 aromatic heterocycles. The molecule has 0 unspecified atom stereocenters. The largest absolute Gasteiger partial charge is 0.492 e. The Balaban J connectivity index is 1.60. The molecular formula is C18H16N4OS2. The third kappa shape index (κ3) is 2.47. The van der Waals surface area contributed by atoms with Gasteiger partial charge in [-0.15, -0.1) is 11.3 Å². The topological polar surface area (TPSA) is 53.7 Å². The molecule has 0 saturated heterocycles. The molecule has 0 spiro atoms. The number of aromatic nitrogens is 3. The van der Waals surface area contributed by atoms with Crippen LogP contribution in [0.2, 0.25) is 0 Å². The van der Waals surface area contributed by atoms with Crippen molar-refractivity contribution in [1.82, 2.24) is 19.5 Å². The Morgan fingerprint density at radius 2 is 2.00 bits per heavy atom. The molecule has 5 nitrogen and oxygen atoms in total. The van der Waals surface area contributed by atoms with E-state index < -0.39 is 0 Å².